The van der Waals surface area contributed by atoms with E-state index in [1.807, 2.05) is 35.2 Å². The molecule has 0 spiro atoms. The van der Waals surface area contributed by atoms with Gasteiger partial charge in [0.15, 0.2) is 0 Å². The van der Waals surface area contributed by atoms with Crippen molar-refractivity contribution in [1.82, 2.24) is 14.7 Å². The molecule has 2 aliphatic rings. The monoisotopic (exact) mass is 368 g/mol. The van der Waals surface area contributed by atoms with Gasteiger partial charge in [0.1, 0.15) is 11.9 Å². The van der Waals surface area contributed by atoms with Crippen LogP contribution >= 0.6 is 0 Å². The molecule has 0 aliphatic carbocycles. The lowest BCUT2D eigenvalue weighted by Crippen LogP contribution is -2.41. The molecule has 2 saturated heterocycles. The van der Waals surface area contributed by atoms with Crippen molar-refractivity contribution >= 4 is 11.7 Å². The van der Waals surface area contributed by atoms with Crippen molar-refractivity contribution in [3.05, 3.63) is 52.8 Å². The minimum Gasteiger partial charge on any atom is -0.368 e. The molecule has 1 atom stereocenters. The molecular formula is C20H24N4O3. The summed E-state index contributed by atoms with van der Waals surface area (Å²) in [4.78, 5) is 28.9. The fourth-order valence-corrected chi connectivity index (χ4v) is 3.67. The van der Waals surface area contributed by atoms with Gasteiger partial charge in [0.05, 0.1) is 5.69 Å². The van der Waals surface area contributed by atoms with Crippen LogP contribution in [0.15, 0.2) is 47.3 Å². The molecule has 0 N–H and O–H groups in total. The van der Waals surface area contributed by atoms with Crippen LogP contribution in [0.5, 0.6) is 0 Å². The highest BCUT2D eigenvalue weighted by Gasteiger charge is 2.29. The number of benzene rings is 1. The third-order valence-electron chi connectivity index (χ3n) is 5.12. The highest BCUT2D eigenvalue weighted by atomic mass is 16.5. The van der Waals surface area contributed by atoms with Crippen molar-refractivity contribution in [1.29, 1.82) is 0 Å². The van der Waals surface area contributed by atoms with Gasteiger partial charge in [0.25, 0.3) is 11.5 Å². The zero-order valence-electron chi connectivity index (χ0n) is 15.3. The first kappa shape index (κ1) is 17.7. The second kappa shape index (κ2) is 7.92. The minimum absolute atomic E-state index is 0.108. The van der Waals surface area contributed by atoms with Crippen molar-refractivity contribution in [2.24, 2.45) is 0 Å². The number of carbonyl (C=O) groups excluding carboxylic acids is 1. The smallest absolute Gasteiger partial charge is 0.271 e. The van der Waals surface area contributed by atoms with E-state index < -0.39 is 0 Å². The number of nitrogens with zero attached hydrogens (tertiary/aromatic N) is 4. The quantitative estimate of drug-likeness (QED) is 0.820. The van der Waals surface area contributed by atoms with Gasteiger partial charge in [-0.3, -0.25) is 9.59 Å². The lowest BCUT2D eigenvalue weighted by molar-refractivity contribution is -0.140. The van der Waals surface area contributed by atoms with Gasteiger partial charge in [-0.25, -0.2) is 0 Å². The maximum Gasteiger partial charge on any atom is 0.271 e. The van der Waals surface area contributed by atoms with E-state index in [-0.39, 0.29) is 17.6 Å². The van der Waals surface area contributed by atoms with E-state index in [1.54, 1.807) is 12.1 Å². The normalized spacial score (nSPS) is 20.5. The van der Waals surface area contributed by atoms with Crippen molar-refractivity contribution < 1.29 is 9.53 Å². The van der Waals surface area contributed by atoms with Crippen molar-refractivity contribution in [3.63, 3.8) is 0 Å². The van der Waals surface area contributed by atoms with Crippen molar-refractivity contribution in [2.75, 3.05) is 37.7 Å². The van der Waals surface area contributed by atoms with E-state index >= 15 is 0 Å². The molecule has 7 heteroatoms. The van der Waals surface area contributed by atoms with Crippen LogP contribution in [0.3, 0.4) is 0 Å². The Kier molecular flexibility index (Phi) is 5.20. The van der Waals surface area contributed by atoms with Crippen LogP contribution in [0, 0.1) is 0 Å². The van der Waals surface area contributed by atoms with Crippen LogP contribution in [0.2, 0.25) is 0 Å². The number of ether oxygens (including phenoxy) is 1. The highest BCUT2D eigenvalue weighted by Crippen LogP contribution is 2.18. The van der Waals surface area contributed by atoms with Gasteiger partial charge in [-0.05, 0) is 37.5 Å². The molecular weight excluding hydrogens is 344 g/mol. The molecule has 27 heavy (non-hydrogen) atoms. The number of aromatic nitrogens is 2. The summed E-state index contributed by atoms with van der Waals surface area (Å²) in [5.74, 6) is 0.862. The maximum atomic E-state index is 12.6. The lowest BCUT2D eigenvalue weighted by atomic mass is 10.2. The summed E-state index contributed by atoms with van der Waals surface area (Å²) in [6.07, 6.45) is 2.38. The molecule has 2 aliphatic heterocycles. The summed E-state index contributed by atoms with van der Waals surface area (Å²) < 4.78 is 6.97. The molecule has 0 saturated carbocycles. The van der Waals surface area contributed by atoms with E-state index in [4.69, 9.17) is 4.74 Å². The molecule has 2 fully saturated rings. The number of amides is 1. The summed E-state index contributed by atoms with van der Waals surface area (Å²) in [6, 6.07) is 12.7. The van der Waals surface area contributed by atoms with E-state index in [9.17, 15) is 9.59 Å². The van der Waals surface area contributed by atoms with Gasteiger partial charge >= 0.3 is 0 Å². The summed E-state index contributed by atoms with van der Waals surface area (Å²) in [7, 11) is 0. The summed E-state index contributed by atoms with van der Waals surface area (Å²) in [6.45, 7) is 3.55. The first-order valence-corrected chi connectivity index (χ1v) is 9.53. The Morgan fingerprint density at radius 2 is 1.85 bits per heavy atom. The first-order chi connectivity index (χ1) is 13.2. The second-order valence-electron chi connectivity index (χ2n) is 6.94. The van der Waals surface area contributed by atoms with Gasteiger partial charge in [0.2, 0.25) is 0 Å². The van der Waals surface area contributed by atoms with Crippen LogP contribution in [0.1, 0.15) is 19.3 Å². The van der Waals surface area contributed by atoms with Crippen molar-refractivity contribution in [3.8, 4) is 5.69 Å². The van der Waals surface area contributed by atoms with Crippen LogP contribution in [-0.4, -0.2) is 59.5 Å². The van der Waals surface area contributed by atoms with Crippen LogP contribution in [0.25, 0.3) is 5.69 Å². The van der Waals surface area contributed by atoms with Gasteiger partial charge in [-0.15, -0.1) is 5.10 Å². The second-order valence-corrected chi connectivity index (χ2v) is 6.94. The Hall–Kier alpha value is -2.67. The van der Waals surface area contributed by atoms with Gasteiger partial charge in [0, 0.05) is 38.9 Å². The van der Waals surface area contributed by atoms with E-state index in [2.05, 4.69) is 10.00 Å². The molecule has 142 valence electrons. The molecule has 2 aromatic rings. The largest absolute Gasteiger partial charge is 0.368 e. The summed E-state index contributed by atoms with van der Waals surface area (Å²) >= 11 is 0. The number of para-hydroxylation sites is 1. The van der Waals surface area contributed by atoms with Gasteiger partial charge in [-0.1, -0.05) is 18.2 Å². The van der Waals surface area contributed by atoms with Gasteiger partial charge < -0.3 is 14.5 Å². The average Bonchev–Trinajstić information content (AvgIpc) is 3.13. The number of carbonyl (C=O) groups is 1. The molecule has 3 heterocycles. The summed E-state index contributed by atoms with van der Waals surface area (Å²) in [5.41, 5.74) is 0.587. The third-order valence-corrected chi connectivity index (χ3v) is 5.12. The van der Waals surface area contributed by atoms with Gasteiger partial charge in [-0.2, -0.15) is 4.68 Å². The number of hydrogen-bond acceptors (Lipinski definition) is 5. The molecule has 4 rings (SSSR count). The Balaban J connectivity index is 1.49. The number of rotatable bonds is 3. The zero-order valence-corrected chi connectivity index (χ0v) is 15.3. The van der Waals surface area contributed by atoms with Crippen LogP contribution in [0.4, 0.5) is 5.82 Å². The van der Waals surface area contributed by atoms with Crippen LogP contribution < -0.4 is 10.5 Å². The topological polar surface area (TPSA) is 67.7 Å². The third kappa shape index (κ3) is 3.88. The average molecular weight is 368 g/mol. The van der Waals surface area contributed by atoms with Crippen LogP contribution in [-0.2, 0) is 9.53 Å². The van der Waals surface area contributed by atoms with E-state index in [0.29, 0.717) is 19.7 Å². The molecule has 1 amide bonds. The number of anilines is 1. The first-order valence-electron chi connectivity index (χ1n) is 9.53. The number of hydrogen-bond donors (Lipinski definition) is 0. The molecule has 0 bridgehead atoms. The Morgan fingerprint density at radius 3 is 2.63 bits per heavy atom. The molecule has 1 aromatic carbocycles. The highest BCUT2D eigenvalue weighted by molar-refractivity contribution is 5.81. The minimum atomic E-state index is -0.269. The molecule has 0 unspecified atom stereocenters. The van der Waals surface area contributed by atoms with E-state index in [0.717, 1.165) is 43.9 Å². The van der Waals surface area contributed by atoms with E-state index in [1.165, 1.54) is 4.68 Å². The zero-order chi connectivity index (χ0) is 18.6. The molecule has 1 aromatic heterocycles. The fraction of sp³-hybridized carbons (Fsp3) is 0.450. The predicted octanol–water partition coefficient (Wildman–Crippen LogP) is 1.45. The lowest BCUT2D eigenvalue weighted by Gasteiger charge is -2.24. The summed E-state index contributed by atoms with van der Waals surface area (Å²) in [5, 5.41) is 4.56. The Bertz CT molecular complexity index is 846. The standard InChI is InChI=1S/C20H24N4O3/c25-19-10-9-18(21-24(19)16-6-2-1-3-7-16)22-11-5-12-23(14-13-22)20(26)17-8-4-15-27-17/h1-3,6-7,9-10,17H,4-5,8,11-15H2/t17-/m1/s1. The maximum absolute atomic E-state index is 12.6. The fourth-order valence-electron chi connectivity index (χ4n) is 3.67. The Morgan fingerprint density at radius 1 is 1.00 bits per heavy atom. The van der Waals surface area contributed by atoms with Crippen molar-refractivity contribution in [2.45, 2.75) is 25.4 Å². The SMILES string of the molecule is O=C([C@H]1CCCO1)N1CCCN(c2ccc(=O)n(-c3ccccc3)n2)CC1. The predicted molar refractivity (Wildman–Crippen MR) is 102 cm³/mol. The Labute approximate surface area is 158 Å². The molecule has 7 nitrogen and oxygen atoms in total. The molecule has 0 radical (unpaired) electrons.